The van der Waals surface area contributed by atoms with Gasteiger partial charge in [-0.05, 0) is 13.3 Å². The first kappa shape index (κ1) is 13.7. The largest absolute Gasteiger partial charge is 0.336 e. The first-order valence-corrected chi connectivity index (χ1v) is 6.88. The third-order valence-corrected chi connectivity index (χ3v) is 4.16. The molecule has 2 heterocycles. The lowest BCUT2D eigenvalue weighted by molar-refractivity contribution is -0.757. The molecule has 0 bridgehead atoms. The summed E-state index contributed by atoms with van der Waals surface area (Å²) in [5.41, 5.74) is 0.860. The van der Waals surface area contributed by atoms with Crippen molar-refractivity contribution in [2.75, 3.05) is 13.2 Å². The smallest absolute Gasteiger partial charge is 0.294 e. The van der Waals surface area contributed by atoms with E-state index in [1.807, 2.05) is 6.92 Å². The lowest BCUT2D eigenvalue weighted by Crippen LogP contribution is -2.23. The molecule has 0 aliphatic carbocycles. The van der Waals surface area contributed by atoms with Gasteiger partial charge in [-0.25, -0.2) is 4.98 Å². The van der Waals surface area contributed by atoms with Gasteiger partial charge in [-0.1, -0.05) is 0 Å². The topological polar surface area (TPSA) is 85.6 Å². The van der Waals surface area contributed by atoms with Crippen LogP contribution in [0, 0.1) is 17.0 Å². The summed E-state index contributed by atoms with van der Waals surface area (Å²) in [6.45, 7) is 3.24. The zero-order chi connectivity index (χ0) is 13.8. The Labute approximate surface area is 114 Å². The third kappa shape index (κ3) is 3.63. The highest BCUT2D eigenvalue weighted by Gasteiger charge is 2.21. The van der Waals surface area contributed by atoms with E-state index < -0.39 is 5.09 Å². The molecule has 1 aromatic rings. The van der Waals surface area contributed by atoms with Gasteiger partial charge in [0.15, 0.2) is 0 Å². The highest BCUT2D eigenvalue weighted by molar-refractivity contribution is 7.11. The number of carbonyl (C=O) groups excluding carboxylic acids is 1. The number of likely N-dealkylation sites (tertiary alicyclic amines) is 1. The van der Waals surface area contributed by atoms with Crippen LogP contribution in [0.1, 0.15) is 28.4 Å². The number of amides is 1. The van der Waals surface area contributed by atoms with Crippen LogP contribution < -0.4 is 0 Å². The molecule has 0 N–H and O–H groups in total. The van der Waals surface area contributed by atoms with Crippen molar-refractivity contribution in [3.05, 3.63) is 25.7 Å². The van der Waals surface area contributed by atoms with E-state index in [2.05, 4.69) is 9.82 Å². The maximum atomic E-state index is 11.5. The summed E-state index contributed by atoms with van der Waals surface area (Å²) >= 11 is 1.49. The lowest BCUT2D eigenvalue weighted by atomic mass is 10.3. The van der Waals surface area contributed by atoms with E-state index in [1.165, 1.54) is 11.3 Å². The quantitative estimate of drug-likeness (QED) is 0.581. The van der Waals surface area contributed by atoms with Crippen LogP contribution in [0.2, 0.25) is 0 Å². The average Bonchev–Trinajstić information content (AvgIpc) is 2.87. The number of aryl methyl sites for hydroxylation is 1. The molecule has 0 saturated carbocycles. The van der Waals surface area contributed by atoms with Gasteiger partial charge in [-0.15, -0.1) is 21.5 Å². The molecule has 104 valence electrons. The molecule has 0 aromatic carbocycles. The van der Waals surface area contributed by atoms with Crippen molar-refractivity contribution in [2.24, 2.45) is 0 Å². The van der Waals surface area contributed by atoms with Crippen LogP contribution in [0.3, 0.4) is 0 Å². The Morgan fingerprint density at radius 3 is 3.00 bits per heavy atom. The standard InChI is InChI=1S/C11H15N3O4S/c1-8-9(4-6-18-14(16)17)19-10(12-8)7-13-5-2-3-11(13)15/h2-7H2,1H3. The fraction of sp³-hybridized carbons (Fsp3) is 0.636. The van der Waals surface area contributed by atoms with Crippen molar-refractivity contribution in [1.29, 1.82) is 0 Å². The summed E-state index contributed by atoms with van der Waals surface area (Å²) < 4.78 is 0. The number of rotatable bonds is 6. The molecule has 0 radical (unpaired) electrons. The van der Waals surface area contributed by atoms with Gasteiger partial charge < -0.3 is 9.74 Å². The van der Waals surface area contributed by atoms with Crippen molar-refractivity contribution in [2.45, 2.75) is 32.7 Å². The molecule has 1 aliphatic heterocycles. The molecule has 0 unspecified atom stereocenters. The van der Waals surface area contributed by atoms with Crippen molar-refractivity contribution in [1.82, 2.24) is 9.88 Å². The van der Waals surface area contributed by atoms with Crippen LogP contribution in [-0.2, 0) is 22.6 Å². The maximum absolute atomic E-state index is 11.5. The van der Waals surface area contributed by atoms with Crippen LogP contribution in [-0.4, -0.2) is 34.0 Å². The van der Waals surface area contributed by atoms with Crippen molar-refractivity contribution >= 4 is 17.2 Å². The van der Waals surface area contributed by atoms with Gasteiger partial charge in [0.05, 0.1) is 12.2 Å². The number of thiazole rings is 1. The third-order valence-electron chi connectivity index (χ3n) is 2.96. The zero-order valence-corrected chi connectivity index (χ0v) is 11.4. The second-order valence-electron chi connectivity index (χ2n) is 4.34. The molecular weight excluding hydrogens is 270 g/mol. The van der Waals surface area contributed by atoms with Gasteiger partial charge in [-0.2, -0.15) is 0 Å². The van der Waals surface area contributed by atoms with E-state index in [1.54, 1.807) is 4.90 Å². The van der Waals surface area contributed by atoms with Gasteiger partial charge in [0, 0.05) is 24.3 Å². The van der Waals surface area contributed by atoms with E-state index in [4.69, 9.17) is 0 Å². The van der Waals surface area contributed by atoms with E-state index in [9.17, 15) is 14.9 Å². The Morgan fingerprint density at radius 1 is 1.58 bits per heavy atom. The summed E-state index contributed by atoms with van der Waals surface area (Å²) in [7, 11) is 0. The fourth-order valence-electron chi connectivity index (χ4n) is 2.04. The van der Waals surface area contributed by atoms with E-state index in [0.29, 0.717) is 19.4 Å². The molecule has 1 saturated heterocycles. The zero-order valence-electron chi connectivity index (χ0n) is 10.6. The molecule has 0 atom stereocenters. The fourth-order valence-corrected chi connectivity index (χ4v) is 3.10. The molecular formula is C11H15N3O4S. The normalized spacial score (nSPS) is 15.0. The summed E-state index contributed by atoms with van der Waals surface area (Å²) in [4.78, 5) is 33.1. The second kappa shape index (κ2) is 5.96. The molecule has 19 heavy (non-hydrogen) atoms. The van der Waals surface area contributed by atoms with Crippen LogP contribution in [0.4, 0.5) is 0 Å². The number of hydrogen-bond donors (Lipinski definition) is 0. The Balaban J connectivity index is 1.92. The minimum Gasteiger partial charge on any atom is -0.336 e. The Kier molecular flexibility index (Phi) is 4.31. The predicted molar refractivity (Wildman–Crippen MR) is 68.2 cm³/mol. The summed E-state index contributed by atoms with van der Waals surface area (Å²) in [6, 6.07) is 0. The molecule has 8 heteroatoms. The van der Waals surface area contributed by atoms with Crippen molar-refractivity contribution in [3.8, 4) is 0 Å². The van der Waals surface area contributed by atoms with Gasteiger partial charge in [0.2, 0.25) is 5.91 Å². The second-order valence-corrected chi connectivity index (χ2v) is 5.51. The number of hydrogen-bond acceptors (Lipinski definition) is 6. The van der Waals surface area contributed by atoms with Crippen LogP contribution in [0.15, 0.2) is 0 Å². The number of nitrogens with zero attached hydrogens (tertiary/aromatic N) is 3. The van der Waals surface area contributed by atoms with Gasteiger partial charge in [0.25, 0.3) is 5.09 Å². The van der Waals surface area contributed by atoms with Crippen molar-refractivity contribution in [3.63, 3.8) is 0 Å². The van der Waals surface area contributed by atoms with Crippen LogP contribution in [0.25, 0.3) is 0 Å². The SMILES string of the molecule is Cc1nc(CN2CCCC2=O)sc1CCO[N+](=O)[O-]. The molecule has 1 aliphatic rings. The van der Waals surface area contributed by atoms with E-state index >= 15 is 0 Å². The van der Waals surface area contributed by atoms with E-state index in [-0.39, 0.29) is 12.5 Å². The lowest BCUT2D eigenvalue weighted by Gasteiger charge is -2.12. The number of carbonyl (C=O) groups is 1. The molecule has 2 rings (SSSR count). The molecule has 0 spiro atoms. The van der Waals surface area contributed by atoms with E-state index in [0.717, 1.165) is 28.5 Å². The number of aromatic nitrogens is 1. The first-order valence-electron chi connectivity index (χ1n) is 6.06. The minimum absolute atomic E-state index is 0.0398. The Hall–Kier alpha value is -1.70. The molecule has 1 fully saturated rings. The van der Waals surface area contributed by atoms with Gasteiger partial charge in [-0.3, -0.25) is 4.79 Å². The molecule has 1 aromatic heterocycles. The van der Waals surface area contributed by atoms with Crippen molar-refractivity contribution < 1.29 is 14.7 Å². The Bertz CT molecular complexity index is 488. The maximum Gasteiger partial charge on any atom is 0.294 e. The average molecular weight is 285 g/mol. The van der Waals surface area contributed by atoms with Crippen LogP contribution in [0.5, 0.6) is 0 Å². The monoisotopic (exact) mass is 285 g/mol. The summed E-state index contributed by atoms with van der Waals surface area (Å²) in [6.07, 6.45) is 2.00. The van der Waals surface area contributed by atoms with Crippen LogP contribution >= 0.6 is 11.3 Å². The molecule has 1 amide bonds. The Morgan fingerprint density at radius 2 is 2.37 bits per heavy atom. The first-order chi connectivity index (χ1) is 9.06. The van der Waals surface area contributed by atoms with Gasteiger partial charge >= 0.3 is 0 Å². The summed E-state index contributed by atoms with van der Waals surface area (Å²) in [5, 5.41) is 10.2. The minimum atomic E-state index is -0.791. The predicted octanol–water partition coefficient (Wildman–Crippen LogP) is 1.32. The highest BCUT2D eigenvalue weighted by Crippen LogP contribution is 2.22. The molecule has 7 nitrogen and oxygen atoms in total. The summed E-state index contributed by atoms with van der Waals surface area (Å²) in [5.74, 6) is 0.172. The highest BCUT2D eigenvalue weighted by atomic mass is 32.1. The van der Waals surface area contributed by atoms with Gasteiger partial charge in [0.1, 0.15) is 11.6 Å².